The van der Waals surface area contributed by atoms with E-state index in [4.69, 9.17) is 4.99 Å². The van der Waals surface area contributed by atoms with Crippen molar-refractivity contribution in [1.29, 1.82) is 0 Å². The van der Waals surface area contributed by atoms with Crippen molar-refractivity contribution in [3.8, 4) is 5.75 Å². The molecule has 0 atom stereocenters. The van der Waals surface area contributed by atoms with Gasteiger partial charge in [0.15, 0.2) is 0 Å². The molecule has 2 heteroatoms. The van der Waals surface area contributed by atoms with E-state index < -0.39 is 0 Å². The average molecular weight is 335 g/mol. The third-order valence-electron chi connectivity index (χ3n) is 5.65. The molecule has 2 aromatic carbocycles. The molecule has 0 bridgehead atoms. The number of phenolic OH excluding ortho intramolecular Hbond substituents is 1. The minimum Gasteiger partial charge on any atom is -0.507 e. The summed E-state index contributed by atoms with van der Waals surface area (Å²) in [5, 5.41) is 10.9. The van der Waals surface area contributed by atoms with Gasteiger partial charge < -0.3 is 5.11 Å². The van der Waals surface area contributed by atoms with Gasteiger partial charge in [0.05, 0.1) is 0 Å². The molecule has 1 N–H and O–H groups in total. The van der Waals surface area contributed by atoms with Crippen LogP contribution in [0.3, 0.4) is 0 Å². The van der Waals surface area contributed by atoms with Crippen LogP contribution in [0.25, 0.3) is 0 Å². The van der Waals surface area contributed by atoms with Crippen molar-refractivity contribution < 1.29 is 5.11 Å². The second-order valence-electron chi connectivity index (χ2n) is 7.93. The van der Waals surface area contributed by atoms with Crippen LogP contribution >= 0.6 is 0 Å². The van der Waals surface area contributed by atoms with E-state index in [0.29, 0.717) is 11.8 Å². The first-order valence-corrected chi connectivity index (χ1v) is 9.39. The molecule has 132 valence electrons. The van der Waals surface area contributed by atoms with E-state index in [1.54, 1.807) is 0 Å². The number of hydrogen-bond acceptors (Lipinski definition) is 2. The Morgan fingerprint density at radius 3 is 2.32 bits per heavy atom. The first-order valence-electron chi connectivity index (χ1n) is 9.39. The summed E-state index contributed by atoms with van der Waals surface area (Å²) in [5.41, 5.74) is 2.70. The van der Waals surface area contributed by atoms with E-state index in [2.05, 4.69) is 32.9 Å². The fraction of sp³-hybridized carbons (Fsp3) is 0.435. The highest BCUT2D eigenvalue weighted by Crippen LogP contribution is 2.38. The van der Waals surface area contributed by atoms with Crippen molar-refractivity contribution in [3.63, 3.8) is 0 Å². The number of nitrogens with zero attached hydrogens (tertiary/aromatic N) is 1. The lowest BCUT2D eigenvalue weighted by Gasteiger charge is -2.27. The fourth-order valence-electron chi connectivity index (χ4n) is 3.76. The van der Waals surface area contributed by atoms with Gasteiger partial charge in [-0.05, 0) is 43.2 Å². The molecule has 1 aliphatic carbocycles. The second kappa shape index (κ2) is 7.43. The SMILES string of the molecule is CC1CCC(N=Cc2cccc(C(C)(C)c3ccccc3)c2O)CC1. The normalized spacial score (nSPS) is 21.6. The second-order valence-corrected chi connectivity index (χ2v) is 7.93. The average Bonchev–Trinajstić information content (AvgIpc) is 2.63. The summed E-state index contributed by atoms with van der Waals surface area (Å²) >= 11 is 0. The Morgan fingerprint density at radius 1 is 0.960 bits per heavy atom. The van der Waals surface area contributed by atoms with Crippen LogP contribution in [-0.4, -0.2) is 17.4 Å². The monoisotopic (exact) mass is 335 g/mol. The minimum absolute atomic E-state index is 0.255. The standard InChI is InChI=1S/C23H29NO/c1-17-12-14-20(15-13-17)24-16-18-8-7-11-21(22(18)25)23(2,3)19-9-5-4-6-10-19/h4-11,16-17,20,25H,12-15H2,1-3H3. The van der Waals surface area contributed by atoms with Crippen LogP contribution in [0, 0.1) is 5.92 Å². The van der Waals surface area contributed by atoms with Crippen LogP contribution in [0.1, 0.15) is 63.1 Å². The maximum Gasteiger partial charge on any atom is 0.128 e. The summed E-state index contributed by atoms with van der Waals surface area (Å²) in [5.74, 6) is 1.18. The van der Waals surface area contributed by atoms with Crippen molar-refractivity contribution in [2.45, 2.75) is 57.9 Å². The van der Waals surface area contributed by atoms with Gasteiger partial charge >= 0.3 is 0 Å². The van der Waals surface area contributed by atoms with Crippen LogP contribution in [0.2, 0.25) is 0 Å². The Kier molecular flexibility index (Phi) is 5.27. The molecule has 0 aliphatic heterocycles. The van der Waals surface area contributed by atoms with Crippen molar-refractivity contribution in [2.24, 2.45) is 10.9 Å². The van der Waals surface area contributed by atoms with E-state index in [-0.39, 0.29) is 5.41 Å². The molecule has 0 aromatic heterocycles. The highest BCUT2D eigenvalue weighted by molar-refractivity contribution is 5.84. The number of hydrogen-bond donors (Lipinski definition) is 1. The van der Waals surface area contributed by atoms with Crippen LogP contribution in [0.4, 0.5) is 0 Å². The maximum absolute atomic E-state index is 10.9. The van der Waals surface area contributed by atoms with Gasteiger partial charge in [-0.1, -0.05) is 63.2 Å². The van der Waals surface area contributed by atoms with Crippen molar-refractivity contribution in [3.05, 3.63) is 65.2 Å². The smallest absolute Gasteiger partial charge is 0.128 e. The highest BCUT2D eigenvalue weighted by atomic mass is 16.3. The fourth-order valence-corrected chi connectivity index (χ4v) is 3.76. The number of phenols is 1. The van der Waals surface area contributed by atoms with Gasteiger partial charge in [-0.2, -0.15) is 0 Å². The zero-order valence-corrected chi connectivity index (χ0v) is 15.6. The van der Waals surface area contributed by atoms with E-state index in [9.17, 15) is 5.11 Å². The molecule has 1 saturated carbocycles. The maximum atomic E-state index is 10.9. The third kappa shape index (κ3) is 3.95. The summed E-state index contributed by atoms with van der Waals surface area (Å²) in [4.78, 5) is 4.76. The highest BCUT2D eigenvalue weighted by Gasteiger charge is 2.26. The lowest BCUT2D eigenvalue weighted by molar-refractivity contribution is 0.350. The van der Waals surface area contributed by atoms with Gasteiger partial charge in [0.2, 0.25) is 0 Å². The Morgan fingerprint density at radius 2 is 1.64 bits per heavy atom. The first kappa shape index (κ1) is 17.7. The molecule has 3 rings (SSSR count). The Hall–Kier alpha value is -2.09. The first-order chi connectivity index (χ1) is 12.0. The summed E-state index contributed by atoms with van der Waals surface area (Å²) in [7, 11) is 0. The number of benzene rings is 2. The quantitative estimate of drug-likeness (QED) is 0.713. The molecule has 1 aliphatic rings. The molecule has 0 spiro atoms. The van der Waals surface area contributed by atoms with Crippen LogP contribution < -0.4 is 0 Å². The number of para-hydroxylation sites is 1. The molecule has 0 heterocycles. The minimum atomic E-state index is -0.255. The molecule has 0 radical (unpaired) electrons. The zero-order valence-electron chi connectivity index (χ0n) is 15.6. The van der Waals surface area contributed by atoms with Gasteiger partial charge in [-0.3, -0.25) is 4.99 Å². The topological polar surface area (TPSA) is 32.6 Å². The summed E-state index contributed by atoms with van der Waals surface area (Å²) in [6, 6.07) is 16.7. The summed E-state index contributed by atoms with van der Waals surface area (Å²) < 4.78 is 0. The predicted molar refractivity (Wildman–Crippen MR) is 106 cm³/mol. The van der Waals surface area contributed by atoms with Gasteiger partial charge in [0.25, 0.3) is 0 Å². The van der Waals surface area contributed by atoms with Gasteiger partial charge in [0.1, 0.15) is 5.75 Å². The molecule has 0 unspecified atom stereocenters. The van der Waals surface area contributed by atoms with E-state index in [1.165, 1.54) is 18.4 Å². The number of aromatic hydroxyl groups is 1. The van der Waals surface area contributed by atoms with E-state index in [0.717, 1.165) is 29.9 Å². The van der Waals surface area contributed by atoms with Gasteiger partial charge in [-0.15, -0.1) is 0 Å². The number of aliphatic imine (C=N–C) groups is 1. The van der Waals surface area contributed by atoms with Crippen LogP contribution in [0.5, 0.6) is 5.75 Å². The van der Waals surface area contributed by atoms with Crippen LogP contribution in [-0.2, 0) is 5.41 Å². The molecular formula is C23H29NO. The molecule has 0 saturated heterocycles. The van der Waals surface area contributed by atoms with Crippen molar-refractivity contribution in [2.75, 3.05) is 0 Å². The van der Waals surface area contributed by atoms with Crippen LogP contribution in [0.15, 0.2) is 53.5 Å². The van der Waals surface area contributed by atoms with E-state index >= 15 is 0 Å². The molecule has 2 aromatic rings. The van der Waals surface area contributed by atoms with E-state index in [1.807, 2.05) is 42.6 Å². The van der Waals surface area contributed by atoms with Gasteiger partial charge in [0, 0.05) is 28.8 Å². The summed E-state index contributed by atoms with van der Waals surface area (Å²) in [6.07, 6.45) is 6.71. The molecular weight excluding hydrogens is 306 g/mol. The lowest BCUT2D eigenvalue weighted by atomic mass is 9.77. The molecule has 25 heavy (non-hydrogen) atoms. The molecule has 2 nitrogen and oxygen atoms in total. The lowest BCUT2D eigenvalue weighted by Crippen LogP contribution is -2.19. The third-order valence-corrected chi connectivity index (χ3v) is 5.65. The Bertz CT molecular complexity index is 725. The van der Waals surface area contributed by atoms with Crippen molar-refractivity contribution >= 4 is 6.21 Å². The molecule has 0 amide bonds. The Balaban J connectivity index is 1.85. The Labute approximate surface area is 151 Å². The van der Waals surface area contributed by atoms with Crippen molar-refractivity contribution in [1.82, 2.24) is 0 Å². The summed E-state index contributed by atoms with van der Waals surface area (Å²) in [6.45, 7) is 6.63. The van der Waals surface area contributed by atoms with Gasteiger partial charge in [-0.25, -0.2) is 0 Å². The zero-order chi connectivity index (χ0) is 17.9. The largest absolute Gasteiger partial charge is 0.507 e. The predicted octanol–water partition coefficient (Wildman–Crippen LogP) is 5.72. The number of rotatable bonds is 4. The molecule has 1 fully saturated rings.